The maximum absolute atomic E-state index is 3.11. The third kappa shape index (κ3) is 2.93. The van der Waals surface area contributed by atoms with E-state index in [0.29, 0.717) is 0 Å². The molecule has 1 saturated heterocycles. The molecule has 2 nitrogen and oxygen atoms in total. The van der Waals surface area contributed by atoms with Crippen LogP contribution in [0.2, 0.25) is 0 Å². The SMILES string of the molecule is C1CNC1.c1cc[nH]c1. The molecule has 0 radical (unpaired) electrons. The number of H-pyrrole nitrogens is 1. The molecule has 50 valence electrons. The van der Waals surface area contributed by atoms with Gasteiger partial charge in [-0.3, -0.25) is 0 Å². The topological polar surface area (TPSA) is 27.8 Å². The van der Waals surface area contributed by atoms with Gasteiger partial charge in [-0.1, -0.05) is 0 Å². The summed E-state index contributed by atoms with van der Waals surface area (Å²) in [7, 11) is 0. The minimum atomic E-state index is 1.25. The highest BCUT2D eigenvalue weighted by atomic mass is 14.9. The van der Waals surface area contributed by atoms with Crippen LogP contribution in [0.25, 0.3) is 0 Å². The zero-order chi connectivity index (χ0) is 6.36. The molecule has 0 aliphatic carbocycles. The molecule has 0 amide bonds. The number of hydrogen-bond acceptors (Lipinski definition) is 1. The molecule has 9 heavy (non-hydrogen) atoms. The van der Waals surface area contributed by atoms with E-state index in [1.807, 2.05) is 24.5 Å². The largest absolute Gasteiger partial charge is 0.368 e. The van der Waals surface area contributed by atoms with Crippen molar-refractivity contribution in [2.24, 2.45) is 0 Å². The summed E-state index contributed by atoms with van der Waals surface area (Å²) in [6.45, 7) is 2.50. The van der Waals surface area contributed by atoms with Gasteiger partial charge in [0.15, 0.2) is 0 Å². The minimum Gasteiger partial charge on any atom is -0.368 e. The van der Waals surface area contributed by atoms with Crippen LogP contribution in [0.15, 0.2) is 24.5 Å². The predicted octanol–water partition coefficient (Wildman–Crippen LogP) is 0.994. The Hall–Kier alpha value is -0.760. The predicted molar refractivity (Wildman–Crippen MR) is 38.3 cm³/mol. The van der Waals surface area contributed by atoms with E-state index < -0.39 is 0 Å². The zero-order valence-electron chi connectivity index (χ0n) is 5.43. The van der Waals surface area contributed by atoms with Crippen molar-refractivity contribution < 1.29 is 0 Å². The van der Waals surface area contributed by atoms with Gasteiger partial charge >= 0.3 is 0 Å². The van der Waals surface area contributed by atoms with Crippen LogP contribution in [0.4, 0.5) is 0 Å². The van der Waals surface area contributed by atoms with Crippen LogP contribution in [0, 0.1) is 0 Å². The van der Waals surface area contributed by atoms with Crippen molar-refractivity contribution in [3.8, 4) is 0 Å². The number of hydrogen-bond donors (Lipinski definition) is 2. The first-order valence-electron chi connectivity index (χ1n) is 3.28. The first-order valence-corrected chi connectivity index (χ1v) is 3.28. The Morgan fingerprint density at radius 3 is 1.56 bits per heavy atom. The molecule has 2 heteroatoms. The molecule has 2 rings (SSSR count). The second-order valence-corrected chi connectivity index (χ2v) is 1.99. The van der Waals surface area contributed by atoms with Crippen LogP contribution in [0.5, 0.6) is 0 Å². The Labute approximate surface area is 55.3 Å². The van der Waals surface area contributed by atoms with Crippen molar-refractivity contribution in [3.63, 3.8) is 0 Å². The fourth-order valence-electron chi connectivity index (χ4n) is 0.455. The number of nitrogens with one attached hydrogen (secondary N) is 2. The average molecular weight is 124 g/mol. The molecular formula is C7H12N2. The van der Waals surface area contributed by atoms with Crippen LogP contribution in [-0.2, 0) is 0 Å². The summed E-state index contributed by atoms with van der Waals surface area (Å²) in [5, 5.41) is 3.11. The Morgan fingerprint density at radius 2 is 1.44 bits per heavy atom. The van der Waals surface area contributed by atoms with E-state index >= 15 is 0 Å². The van der Waals surface area contributed by atoms with Gasteiger partial charge in [0.25, 0.3) is 0 Å². The third-order valence-corrected chi connectivity index (χ3v) is 1.20. The Kier molecular flexibility index (Phi) is 2.93. The van der Waals surface area contributed by atoms with Gasteiger partial charge in [-0.2, -0.15) is 0 Å². The maximum atomic E-state index is 3.11. The molecule has 2 heterocycles. The third-order valence-electron chi connectivity index (χ3n) is 1.20. The van der Waals surface area contributed by atoms with E-state index in [0.717, 1.165) is 0 Å². The van der Waals surface area contributed by atoms with Crippen molar-refractivity contribution in [3.05, 3.63) is 24.5 Å². The highest BCUT2D eigenvalue weighted by Crippen LogP contribution is 1.80. The van der Waals surface area contributed by atoms with Crippen LogP contribution < -0.4 is 5.32 Å². The van der Waals surface area contributed by atoms with Gasteiger partial charge in [-0.05, 0) is 31.6 Å². The minimum absolute atomic E-state index is 1.25. The van der Waals surface area contributed by atoms with Crippen molar-refractivity contribution >= 4 is 0 Å². The standard InChI is InChI=1S/C4H5N.C3H7N/c1-2-4-5-3-1;1-2-4-3-1/h1-5H;4H,1-3H2. The van der Waals surface area contributed by atoms with Gasteiger partial charge in [0.1, 0.15) is 0 Å². The molecule has 2 N–H and O–H groups in total. The molecule has 0 unspecified atom stereocenters. The monoisotopic (exact) mass is 124 g/mol. The second kappa shape index (κ2) is 4.15. The molecule has 0 atom stereocenters. The van der Waals surface area contributed by atoms with E-state index in [1.54, 1.807) is 0 Å². The van der Waals surface area contributed by atoms with Crippen molar-refractivity contribution in [1.29, 1.82) is 0 Å². The molecule has 0 spiro atoms. The summed E-state index contributed by atoms with van der Waals surface area (Å²) in [4.78, 5) is 2.86. The van der Waals surface area contributed by atoms with Gasteiger partial charge < -0.3 is 10.3 Å². The summed E-state index contributed by atoms with van der Waals surface area (Å²) in [6, 6.07) is 3.89. The van der Waals surface area contributed by atoms with Crippen molar-refractivity contribution in [2.45, 2.75) is 6.42 Å². The number of rotatable bonds is 0. The smallest absolute Gasteiger partial charge is 0.000496 e. The first kappa shape index (κ1) is 6.36. The van der Waals surface area contributed by atoms with Crippen LogP contribution in [0.1, 0.15) is 6.42 Å². The number of aromatic nitrogens is 1. The molecule has 0 aromatic carbocycles. The van der Waals surface area contributed by atoms with Crippen molar-refractivity contribution in [1.82, 2.24) is 10.3 Å². The highest BCUT2D eigenvalue weighted by molar-refractivity contribution is 4.84. The van der Waals surface area contributed by atoms with E-state index in [2.05, 4.69) is 10.3 Å². The first-order chi connectivity index (χ1) is 4.50. The van der Waals surface area contributed by atoms with Gasteiger partial charge in [0.2, 0.25) is 0 Å². The van der Waals surface area contributed by atoms with Crippen molar-refractivity contribution in [2.75, 3.05) is 13.1 Å². The summed E-state index contributed by atoms with van der Waals surface area (Å²) in [5.41, 5.74) is 0. The zero-order valence-corrected chi connectivity index (χ0v) is 5.43. The van der Waals surface area contributed by atoms with E-state index in [1.165, 1.54) is 19.5 Å². The van der Waals surface area contributed by atoms with Crippen LogP contribution in [-0.4, -0.2) is 18.1 Å². The lowest BCUT2D eigenvalue weighted by atomic mass is 10.3. The molecule has 1 fully saturated rings. The molecule has 0 saturated carbocycles. The van der Waals surface area contributed by atoms with Crippen LogP contribution in [0.3, 0.4) is 0 Å². The quantitative estimate of drug-likeness (QED) is 0.530. The lowest BCUT2D eigenvalue weighted by Gasteiger charge is -2.09. The molecule has 1 aromatic rings. The van der Waals surface area contributed by atoms with Gasteiger partial charge in [0.05, 0.1) is 0 Å². The molecule has 1 aliphatic heterocycles. The van der Waals surface area contributed by atoms with E-state index in [9.17, 15) is 0 Å². The Bertz CT molecular complexity index is 98.3. The lowest BCUT2D eigenvalue weighted by Crippen LogP contribution is -2.29. The van der Waals surface area contributed by atoms with Gasteiger partial charge in [0, 0.05) is 12.4 Å². The maximum Gasteiger partial charge on any atom is 0.000496 e. The van der Waals surface area contributed by atoms with Gasteiger partial charge in [-0.25, -0.2) is 0 Å². The summed E-state index contributed by atoms with van der Waals surface area (Å²) >= 11 is 0. The average Bonchev–Trinajstić information content (AvgIpc) is 2.07. The summed E-state index contributed by atoms with van der Waals surface area (Å²) in [6.07, 6.45) is 5.14. The molecule has 1 aliphatic rings. The summed E-state index contributed by atoms with van der Waals surface area (Å²) < 4.78 is 0. The summed E-state index contributed by atoms with van der Waals surface area (Å²) in [5.74, 6) is 0. The fraction of sp³-hybridized carbons (Fsp3) is 0.429. The highest BCUT2D eigenvalue weighted by Gasteiger charge is 1.92. The Balaban J connectivity index is 0.0000000922. The molecule has 1 aromatic heterocycles. The second-order valence-electron chi connectivity index (χ2n) is 1.99. The Morgan fingerprint density at radius 1 is 1.00 bits per heavy atom. The lowest BCUT2D eigenvalue weighted by molar-refractivity contribution is 0.527. The van der Waals surface area contributed by atoms with E-state index in [-0.39, 0.29) is 0 Å². The molecular weight excluding hydrogens is 112 g/mol. The molecule has 0 bridgehead atoms. The fourth-order valence-corrected chi connectivity index (χ4v) is 0.455. The number of aromatic amines is 1. The van der Waals surface area contributed by atoms with Gasteiger partial charge in [-0.15, -0.1) is 0 Å². The van der Waals surface area contributed by atoms with E-state index in [4.69, 9.17) is 0 Å². The normalized spacial score (nSPS) is 15.1. The van der Waals surface area contributed by atoms with Crippen LogP contribution >= 0.6 is 0 Å².